The van der Waals surface area contributed by atoms with E-state index in [4.69, 9.17) is 9.47 Å². The number of hydrogen-bond acceptors (Lipinski definition) is 3. The van der Waals surface area contributed by atoms with Crippen molar-refractivity contribution >= 4 is 28.6 Å². The fraction of sp³-hybridized carbons (Fsp3) is 0.833. The Labute approximate surface area is 74.2 Å². The molecule has 0 unspecified atom stereocenters. The summed E-state index contributed by atoms with van der Waals surface area (Å²) in [6.45, 7) is 3.44. The van der Waals surface area contributed by atoms with Gasteiger partial charge in [-0.1, -0.05) is 22.6 Å². The summed E-state index contributed by atoms with van der Waals surface area (Å²) in [6, 6.07) is 0. The van der Waals surface area contributed by atoms with Crippen molar-refractivity contribution in [3.05, 3.63) is 0 Å². The van der Waals surface area contributed by atoms with Gasteiger partial charge in [0.05, 0.1) is 11.0 Å². The van der Waals surface area contributed by atoms with Gasteiger partial charge in [0.1, 0.15) is 6.61 Å². The number of hydrogen-bond donors (Lipinski definition) is 0. The normalized spacial score (nSPS) is 9.40. The Bertz CT molecular complexity index is 95.0. The zero-order chi connectivity index (χ0) is 7.82. The molecule has 0 saturated carbocycles. The van der Waals surface area contributed by atoms with Gasteiger partial charge in [0.2, 0.25) is 0 Å². The zero-order valence-electron chi connectivity index (χ0n) is 5.93. The highest BCUT2D eigenvalue weighted by Crippen LogP contribution is 1.86. The molecule has 0 aromatic rings. The molecular weight excluding hydrogens is 247 g/mol. The summed E-state index contributed by atoms with van der Waals surface area (Å²) in [5.74, 6) is -0.180. The van der Waals surface area contributed by atoms with E-state index in [1.807, 2.05) is 29.5 Å². The van der Waals surface area contributed by atoms with Gasteiger partial charge in [0.15, 0.2) is 0 Å². The molecule has 0 aliphatic heterocycles. The molecule has 0 atom stereocenters. The number of rotatable bonds is 5. The minimum absolute atomic E-state index is 0.180. The third-order valence-electron chi connectivity index (χ3n) is 0.804. The van der Waals surface area contributed by atoms with Crippen LogP contribution >= 0.6 is 22.6 Å². The van der Waals surface area contributed by atoms with Crippen molar-refractivity contribution in [3.63, 3.8) is 0 Å². The summed E-state index contributed by atoms with van der Waals surface area (Å²) in [6.07, 6.45) is 0. The Morgan fingerprint density at radius 1 is 1.50 bits per heavy atom. The van der Waals surface area contributed by atoms with Crippen LogP contribution in [0.3, 0.4) is 0 Å². The smallest absolute Gasteiger partial charge is 0.315 e. The quantitative estimate of drug-likeness (QED) is 0.319. The van der Waals surface area contributed by atoms with E-state index in [9.17, 15) is 4.79 Å². The van der Waals surface area contributed by atoms with E-state index in [2.05, 4.69) is 0 Å². The molecule has 0 fully saturated rings. The van der Waals surface area contributed by atoms with E-state index in [-0.39, 0.29) is 5.97 Å². The van der Waals surface area contributed by atoms with Crippen LogP contribution < -0.4 is 0 Å². The minimum Gasteiger partial charge on any atom is -0.463 e. The molecule has 0 aromatic heterocycles. The van der Waals surface area contributed by atoms with Crippen molar-refractivity contribution in [1.29, 1.82) is 0 Å². The Balaban J connectivity index is 2.96. The second-order valence-electron chi connectivity index (χ2n) is 1.55. The summed E-state index contributed by atoms with van der Waals surface area (Å²) < 4.78 is 10.1. The molecule has 0 spiro atoms. The van der Waals surface area contributed by atoms with Crippen LogP contribution in [0.15, 0.2) is 0 Å². The molecule has 0 heterocycles. The highest BCUT2D eigenvalue weighted by molar-refractivity contribution is 14.1. The number of alkyl halides is 1. The van der Waals surface area contributed by atoms with Crippen LogP contribution in [0, 0.1) is 0 Å². The van der Waals surface area contributed by atoms with Gasteiger partial charge in [-0.05, 0) is 6.92 Å². The molecule has 4 heteroatoms. The van der Waals surface area contributed by atoms with E-state index >= 15 is 0 Å². The van der Waals surface area contributed by atoms with Gasteiger partial charge >= 0.3 is 5.97 Å². The van der Waals surface area contributed by atoms with Crippen LogP contribution in [-0.4, -0.2) is 30.2 Å². The standard InChI is InChI=1S/C6H11IO3/c1-2-9-3-4-10-6(8)5-7/h2-5H2,1H3. The summed E-state index contributed by atoms with van der Waals surface area (Å²) in [5, 5.41) is 0. The first-order valence-corrected chi connectivity index (χ1v) is 4.63. The van der Waals surface area contributed by atoms with Gasteiger partial charge in [-0.2, -0.15) is 0 Å². The van der Waals surface area contributed by atoms with Gasteiger partial charge in [-0.15, -0.1) is 0 Å². The summed E-state index contributed by atoms with van der Waals surface area (Å²) in [7, 11) is 0. The summed E-state index contributed by atoms with van der Waals surface area (Å²) >= 11 is 1.96. The lowest BCUT2D eigenvalue weighted by molar-refractivity contribution is -0.141. The van der Waals surface area contributed by atoms with Gasteiger partial charge in [-0.25, -0.2) is 0 Å². The lowest BCUT2D eigenvalue weighted by Gasteiger charge is -2.01. The fourth-order valence-corrected chi connectivity index (χ4v) is 0.618. The maximum atomic E-state index is 10.5. The van der Waals surface area contributed by atoms with Crippen LogP contribution in [-0.2, 0) is 14.3 Å². The molecule has 0 rings (SSSR count). The largest absolute Gasteiger partial charge is 0.463 e. The maximum absolute atomic E-state index is 10.5. The average molecular weight is 258 g/mol. The minimum atomic E-state index is -0.180. The molecule has 3 nitrogen and oxygen atoms in total. The Morgan fingerprint density at radius 2 is 2.20 bits per heavy atom. The van der Waals surface area contributed by atoms with Gasteiger partial charge in [0, 0.05) is 6.61 Å². The second kappa shape index (κ2) is 7.27. The van der Waals surface area contributed by atoms with Crippen LogP contribution in [0.4, 0.5) is 0 Å². The summed E-state index contributed by atoms with van der Waals surface area (Å²) in [4.78, 5) is 10.5. The van der Waals surface area contributed by atoms with Crippen LogP contribution in [0.5, 0.6) is 0 Å². The van der Waals surface area contributed by atoms with Crippen molar-refractivity contribution in [3.8, 4) is 0 Å². The Hall–Kier alpha value is 0.160. The third kappa shape index (κ3) is 6.28. The van der Waals surface area contributed by atoms with Crippen molar-refractivity contribution < 1.29 is 14.3 Å². The summed E-state index contributed by atoms with van der Waals surface area (Å²) in [5.41, 5.74) is 0. The second-order valence-corrected chi connectivity index (χ2v) is 2.31. The van der Waals surface area contributed by atoms with Gasteiger partial charge in [-0.3, -0.25) is 4.79 Å². The Kier molecular flexibility index (Phi) is 7.39. The molecule has 0 saturated heterocycles. The monoisotopic (exact) mass is 258 g/mol. The number of ether oxygens (including phenoxy) is 2. The van der Waals surface area contributed by atoms with Gasteiger partial charge < -0.3 is 9.47 Å². The number of esters is 1. The highest BCUT2D eigenvalue weighted by atomic mass is 127. The van der Waals surface area contributed by atoms with Crippen molar-refractivity contribution in [2.45, 2.75) is 6.92 Å². The van der Waals surface area contributed by atoms with Crippen LogP contribution in [0.25, 0.3) is 0 Å². The molecule has 0 radical (unpaired) electrons. The Morgan fingerprint density at radius 3 is 2.70 bits per heavy atom. The average Bonchev–Trinajstić information content (AvgIpc) is 1.98. The van der Waals surface area contributed by atoms with E-state index in [1.165, 1.54) is 0 Å². The molecule has 60 valence electrons. The van der Waals surface area contributed by atoms with E-state index in [1.54, 1.807) is 0 Å². The van der Waals surface area contributed by atoms with Crippen molar-refractivity contribution in [2.24, 2.45) is 0 Å². The molecular formula is C6H11IO3. The predicted molar refractivity (Wildman–Crippen MR) is 46.3 cm³/mol. The lowest BCUT2D eigenvalue weighted by Crippen LogP contribution is -2.10. The molecule has 0 N–H and O–H groups in total. The first kappa shape index (κ1) is 10.2. The van der Waals surface area contributed by atoms with Crippen LogP contribution in [0.1, 0.15) is 6.92 Å². The first-order chi connectivity index (χ1) is 4.81. The molecule has 0 bridgehead atoms. The lowest BCUT2D eigenvalue weighted by atomic mass is 10.7. The molecule has 10 heavy (non-hydrogen) atoms. The number of halogens is 1. The number of carbonyl (C=O) groups is 1. The fourth-order valence-electron chi connectivity index (χ4n) is 0.397. The first-order valence-electron chi connectivity index (χ1n) is 3.10. The number of carbonyl (C=O) groups excluding carboxylic acids is 1. The highest BCUT2D eigenvalue weighted by Gasteiger charge is 1.96. The van der Waals surface area contributed by atoms with E-state index in [0.29, 0.717) is 24.2 Å². The topological polar surface area (TPSA) is 35.5 Å². The van der Waals surface area contributed by atoms with Crippen LogP contribution in [0.2, 0.25) is 0 Å². The van der Waals surface area contributed by atoms with Gasteiger partial charge in [0.25, 0.3) is 0 Å². The van der Waals surface area contributed by atoms with Crippen molar-refractivity contribution in [2.75, 3.05) is 24.2 Å². The SMILES string of the molecule is CCOCCOC(=O)CI. The van der Waals surface area contributed by atoms with E-state index in [0.717, 1.165) is 0 Å². The third-order valence-corrected chi connectivity index (χ3v) is 1.43. The molecule has 0 aliphatic rings. The molecule has 0 amide bonds. The maximum Gasteiger partial charge on any atom is 0.315 e. The molecule has 0 aromatic carbocycles. The zero-order valence-corrected chi connectivity index (χ0v) is 8.09. The van der Waals surface area contributed by atoms with Crippen molar-refractivity contribution in [1.82, 2.24) is 0 Å². The predicted octanol–water partition coefficient (Wildman–Crippen LogP) is 1.00. The van der Waals surface area contributed by atoms with E-state index < -0.39 is 0 Å². The molecule has 0 aliphatic carbocycles.